The van der Waals surface area contributed by atoms with Gasteiger partial charge in [0.1, 0.15) is 0 Å². The van der Waals surface area contributed by atoms with E-state index in [1.165, 1.54) is 412 Å². The highest BCUT2D eigenvalue weighted by Gasteiger charge is 2.36. The molecule has 2 aliphatic rings. The Hall–Kier alpha value is -0.570. The number of hydrogen-bond acceptors (Lipinski definition) is 3. The fourth-order valence-corrected chi connectivity index (χ4v) is 15.1. The van der Waals surface area contributed by atoms with Crippen molar-refractivity contribution in [2.24, 2.45) is 29.6 Å². The molecule has 0 radical (unpaired) electrons. The predicted molar refractivity (Wildman–Crippen MR) is 375 cm³/mol. The molecule has 0 heterocycles. The number of methoxy groups -OCH3 is 1. The van der Waals surface area contributed by atoms with Crippen molar-refractivity contribution < 1.29 is 14.6 Å². The average Bonchev–Trinajstić information content (AvgIpc) is 4.45. The first kappa shape index (κ1) is 79.5. The fraction of sp³-hybridized carbons (Fsp3) is 0.988. The Kier molecular flexibility index (Phi) is 60.6. The van der Waals surface area contributed by atoms with Crippen LogP contribution in [0, 0.1) is 29.6 Å². The summed E-state index contributed by atoms with van der Waals surface area (Å²) in [5, 5.41) is 11.0. The second-order valence-electron chi connectivity index (χ2n) is 29.5. The van der Waals surface area contributed by atoms with Gasteiger partial charge in [0.15, 0.2) is 0 Å². The normalized spacial score (nSPS) is 17.3. The Balaban J connectivity index is 1.21. The summed E-state index contributed by atoms with van der Waals surface area (Å²) in [6.45, 7) is 4.62. The molecule has 3 nitrogen and oxygen atoms in total. The molecule has 84 heavy (non-hydrogen) atoms. The van der Waals surface area contributed by atoms with Crippen LogP contribution in [0.15, 0.2) is 0 Å². The highest BCUT2D eigenvalue weighted by molar-refractivity contribution is 5.72. The van der Waals surface area contributed by atoms with E-state index in [9.17, 15) is 9.90 Å². The number of carbonyl (C=O) groups excluding carboxylic acids is 1. The summed E-state index contributed by atoms with van der Waals surface area (Å²) in [5.74, 6) is 3.85. The van der Waals surface area contributed by atoms with Crippen molar-refractivity contribution >= 4 is 5.97 Å². The highest BCUT2D eigenvalue weighted by atomic mass is 16.5. The van der Waals surface area contributed by atoms with E-state index in [0.29, 0.717) is 0 Å². The number of aliphatic hydroxyl groups is 1. The zero-order valence-electron chi connectivity index (χ0n) is 58.4. The first-order valence-electron chi connectivity index (χ1n) is 40.4. The zero-order valence-corrected chi connectivity index (χ0v) is 58.4. The van der Waals surface area contributed by atoms with Crippen molar-refractivity contribution in [2.45, 2.75) is 476 Å². The summed E-state index contributed by atoms with van der Waals surface area (Å²) in [7, 11) is 1.48. The SMILES string of the molecule is CCCCCCCCCCCCCCCCCCCCCCCC[C@H](C(=O)OC)[C@H](O)CCCCCCCCCCCCC[C@H]1C[C@@H]1CCCCCCCCCCCCCC[C@H]1C[C@@H]1CCCCCCCCCCCCCCCCCCCC. The van der Waals surface area contributed by atoms with Gasteiger partial charge in [0.05, 0.1) is 19.1 Å². The van der Waals surface area contributed by atoms with Crippen LogP contribution in [0.5, 0.6) is 0 Å². The zero-order chi connectivity index (χ0) is 60.0. The maximum Gasteiger partial charge on any atom is 0.311 e. The molecule has 0 aromatic carbocycles. The van der Waals surface area contributed by atoms with Gasteiger partial charge in [-0.1, -0.05) is 444 Å². The third-order valence-corrected chi connectivity index (χ3v) is 21.4. The molecular formula is C81H158O3. The van der Waals surface area contributed by atoms with Crippen molar-refractivity contribution in [2.75, 3.05) is 7.11 Å². The van der Waals surface area contributed by atoms with Crippen LogP contribution in [-0.2, 0) is 9.53 Å². The van der Waals surface area contributed by atoms with Gasteiger partial charge in [0, 0.05) is 0 Å². The van der Waals surface area contributed by atoms with E-state index in [-0.39, 0.29) is 11.9 Å². The van der Waals surface area contributed by atoms with E-state index < -0.39 is 6.10 Å². The van der Waals surface area contributed by atoms with Gasteiger partial charge in [0.2, 0.25) is 0 Å². The maximum absolute atomic E-state index is 12.6. The minimum absolute atomic E-state index is 0.208. The van der Waals surface area contributed by atoms with Crippen molar-refractivity contribution in [3.8, 4) is 0 Å². The van der Waals surface area contributed by atoms with Crippen LogP contribution in [0.1, 0.15) is 470 Å². The van der Waals surface area contributed by atoms with E-state index in [1.54, 1.807) is 25.7 Å². The lowest BCUT2D eigenvalue weighted by Gasteiger charge is -2.20. The van der Waals surface area contributed by atoms with Gasteiger partial charge >= 0.3 is 5.97 Å². The van der Waals surface area contributed by atoms with Gasteiger partial charge in [0.25, 0.3) is 0 Å². The first-order valence-corrected chi connectivity index (χ1v) is 40.4. The molecule has 6 atom stereocenters. The Morgan fingerprint density at radius 3 is 0.631 bits per heavy atom. The summed E-state index contributed by atoms with van der Waals surface area (Å²) < 4.78 is 5.13. The minimum atomic E-state index is -0.550. The highest BCUT2D eigenvalue weighted by Crippen LogP contribution is 2.47. The van der Waals surface area contributed by atoms with Crippen LogP contribution in [0.4, 0.5) is 0 Å². The second kappa shape index (κ2) is 64.0. The Bertz CT molecular complexity index is 1280. The number of ether oxygens (including phenoxy) is 1. The number of aliphatic hydroxyl groups excluding tert-OH is 1. The lowest BCUT2D eigenvalue weighted by Crippen LogP contribution is -2.29. The van der Waals surface area contributed by atoms with Gasteiger partial charge in [-0.2, -0.15) is 0 Å². The van der Waals surface area contributed by atoms with Crippen molar-refractivity contribution in [3.05, 3.63) is 0 Å². The molecule has 0 unspecified atom stereocenters. The predicted octanol–water partition coefficient (Wildman–Crippen LogP) is 28.4. The number of unbranched alkanes of at least 4 members (excludes halogenated alkanes) is 59. The van der Waals surface area contributed by atoms with Gasteiger partial charge in [-0.25, -0.2) is 0 Å². The molecule has 500 valence electrons. The first-order chi connectivity index (χ1) is 41.6. The van der Waals surface area contributed by atoms with E-state index in [2.05, 4.69) is 13.8 Å². The number of rotatable bonds is 73. The molecule has 1 N–H and O–H groups in total. The lowest BCUT2D eigenvalue weighted by atomic mass is 9.91. The molecule has 2 fully saturated rings. The molecule has 0 amide bonds. The van der Waals surface area contributed by atoms with Crippen LogP contribution in [-0.4, -0.2) is 24.3 Å². The van der Waals surface area contributed by atoms with Gasteiger partial charge < -0.3 is 9.84 Å². The van der Waals surface area contributed by atoms with Crippen LogP contribution in [0.3, 0.4) is 0 Å². The summed E-state index contributed by atoms with van der Waals surface area (Å²) in [5.41, 5.74) is 0. The molecule has 0 bridgehead atoms. The summed E-state index contributed by atoms with van der Waals surface area (Å²) in [6.07, 6.45) is 100. The Morgan fingerprint density at radius 2 is 0.440 bits per heavy atom. The standard InChI is InChI=1S/C81H158O3/c1-4-6-8-10-12-14-16-18-20-22-24-25-26-27-29-31-33-41-47-53-59-65-71-79(81(83)84-3)80(82)72-66-60-54-48-42-36-40-46-52-58-64-70-78-74-77(78)69-63-57-51-45-39-35-34-38-44-50-56-62-68-76-73-75(76)67-61-55-49-43-37-32-30-28-23-21-19-17-15-13-11-9-7-5-2/h75-80,82H,4-74H2,1-3H3/t75-,76-,77-,78-,79-,80+/m0/s1. The smallest absolute Gasteiger partial charge is 0.311 e. The monoisotopic (exact) mass is 1180 g/mol. The second-order valence-corrected chi connectivity index (χ2v) is 29.5. The maximum atomic E-state index is 12.6. The van der Waals surface area contributed by atoms with E-state index in [1.807, 2.05) is 0 Å². The Morgan fingerprint density at radius 1 is 0.274 bits per heavy atom. The van der Waals surface area contributed by atoms with Gasteiger partial charge in [-0.3, -0.25) is 4.79 Å². The van der Waals surface area contributed by atoms with Crippen molar-refractivity contribution in [1.82, 2.24) is 0 Å². The summed E-state index contributed by atoms with van der Waals surface area (Å²) in [6, 6.07) is 0. The molecule has 2 aliphatic carbocycles. The largest absolute Gasteiger partial charge is 0.469 e. The van der Waals surface area contributed by atoms with Gasteiger partial charge in [-0.05, 0) is 49.4 Å². The molecular weight excluding hydrogens is 1020 g/mol. The van der Waals surface area contributed by atoms with Crippen LogP contribution < -0.4 is 0 Å². The summed E-state index contributed by atoms with van der Waals surface area (Å²) in [4.78, 5) is 12.6. The van der Waals surface area contributed by atoms with Crippen molar-refractivity contribution in [1.29, 1.82) is 0 Å². The molecule has 0 aromatic heterocycles. The third kappa shape index (κ3) is 54.4. The molecule has 3 heteroatoms. The summed E-state index contributed by atoms with van der Waals surface area (Å²) >= 11 is 0. The minimum Gasteiger partial charge on any atom is -0.469 e. The van der Waals surface area contributed by atoms with E-state index in [0.717, 1.165) is 49.4 Å². The lowest BCUT2D eigenvalue weighted by molar-refractivity contribution is -0.150. The number of carbonyl (C=O) groups is 1. The van der Waals surface area contributed by atoms with Gasteiger partial charge in [-0.15, -0.1) is 0 Å². The number of esters is 1. The van der Waals surface area contributed by atoms with E-state index in [4.69, 9.17) is 4.74 Å². The number of hydrogen-bond donors (Lipinski definition) is 1. The molecule has 0 aliphatic heterocycles. The molecule has 2 saturated carbocycles. The average molecular weight is 1180 g/mol. The third-order valence-electron chi connectivity index (χ3n) is 21.4. The van der Waals surface area contributed by atoms with E-state index >= 15 is 0 Å². The van der Waals surface area contributed by atoms with Crippen LogP contribution in [0.2, 0.25) is 0 Å². The molecule has 0 aromatic rings. The van der Waals surface area contributed by atoms with Crippen LogP contribution >= 0.6 is 0 Å². The topological polar surface area (TPSA) is 46.5 Å². The Labute approximate surface area is 530 Å². The quantitative estimate of drug-likeness (QED) is 0.0488. The molecule has 0 saturated heterocycles. The molecule has 2 rings (SSSR count). The van der Waals surface area contributed by atoms with Crippen LogP contribution in [0.25, 0.3) is 0 Å². The molecule has 0 spiro atoms. The van der Waals surface area contributed by atoms with Crippen molar-refractivity contribution in [3.63, 3.8) is 0 Å². The fourth-order valence-electron chi connectivity index (χ4n) is 15.1.